The molecule has 0 aliphatic heterocycles. The van der Waals surface area contributed by atoms with E-state index in [2.05, 4.69) is 121 Å². The molecule has 0 radical (unpaired) electrons. The number of hydrogen-bond acceptors (Lipinski definition) is 6. The molecule has 0 aromatic heterocycles. The van der Waals surface area contributed by atoms with E-state index in [0.717, 1.165) is 35.5 Å². The quantitative estimate of drug-likeness (QED) is 0.0591. The van der Waals surface area contributed by atoms with Crippen molar-refractivity contribution in [3.63, 3.8) is 0 Å². The topological polar surface area (TPSA) is 103 Å². The third kappa shape index (κ3) is 18.4. The second kappa shape index (κ2) is 31.4. The van der Waals surface area contributed by atoms with Gasteiger partial charge in [-0.25, -0.2) is 0 Å². The van der Waals surface area contributed by atoms with Crippen molar-refractivity contribution in [3.8, 4) is 0 Å². The molecule has 6 rings (SSSR count). The van der Waals surface area contributed by atoms with E-state index in [1.807, 2.05) is 60.7 Å². The molecule has 8 nitrogen and oxygen atoms in total. The number of benzene rings is 6. The summed E-state index contributed by atoms with van der Waals surface area (Å²) in [5.74, 6) is 0. The van der Waals surface area contributed by atoms with Crippen molar-refractivity contribution in [2.45, 2.75) is 24.2 Å². The van der Waals surface area contributed by atoms with Crippen molar-refractivity contribution < 1.29 is 41.7 Å². The molecule has 0 saturated carbocycles. The van der Waals surface area contributed by atoms with Gasteiger partial charge in [0.2, 0.25) is 0 Å². The zero-order valence-electron chi connectivity index (χ0n) is 36.9. The molecule has 0 fully saturated rings. The molecule has 15 heteroatoms. The maximum Gasteiger partial charge on any atom is -0.0606 e. The fourth-order valence-electron chi connectivity index (χ4n) is 6.84. The molecular weight excluding hydrogens is 991 g/mol. The fraction of sp³-hybridized carbons (Fsp3) is 0.250. The van der Waals surface area contributed by atoms with Gasteiger partial charge in [0, 0.05) is 42.7 Å². The largest absolute Gasteiger partial charge is 0.672 e. The van der Waals surface area contributed by atoms with Crippen LogP contribution in [-0.4, -0.2) is 72.6 Å². The first kappa shape index (κ1) is 54.8. The van der Waals surface area contributed by atoms with E-state index in [0.29, 0.717) is 0 Å². The molecule has 0 spiro atoms. The SMILES string of the molecule is CO[Si](CC[PH+](c1ccccc1)c1ccccc1)(OC)OC.CO[Si](CC[PH+](c1ccccc1)c1ccccc1)(OC)OC.[Cl][Ru+2][Cl].[NH-][C@H](c1ccccc1)[C@H]([NH-])c1ccccc1. The molecule has 2 N–H and O–H groups in total. The maximum atomic E-state index is 8.07. The normalized spacial score (nSPS) is 12.2. The van der Waals surface area contributed by atoms with E-state index in [1.54, 1.807) is 42.7 Å². The summed E-state index contributed by atoms with van der Waals surface area (Å²) in [6.45, 7) is 0. The predicted molar refractivity (Wildman–Crippen MR) is 273 cm³/mol. The van der Waals surface area contributed by atoms with Gasteiger partial charge in [0.05, 0.1) is 61.5 Å². The van der Waals surface area contributed by atoms with Crippen LogP contribution in [0.4, 0.5) is 0 Å². The van der Waals surface area contributed by atoms with Crippen molar-refractivity contribution in [3.05, 3.63) is 205 Å². The summed E-state index contributed by atoms with van der Waals surface area (Å²) in [5, 5.41) is 5.63. The fourth-order valence-corrected chi connectivity index (χ4v) is 17.7. The summed E-state index contributed by atoms with van der Waals surface area (Å²) in [5.41, 5.74) is 17.9. The first-order valence-electron chi connectivity index (χ1n) is 20.3. The Morgan fingerprint density at radius 3 is 0.778 bits per heavy atom. The third-order valence-electron chi connectivity index (χ3n) is 10.4. The minimum Gasteiger partial charge on any atom is -0.672 e. The van der Waals surface area contributed by atoms with Crippen LogP contribution >= 0.6 is 35.2 Å². The maximum absolute atomic E-state index is 8.07. The van der Waals surface area contributed by atoms with E-state index >= 15 is 0 Å². The average Bonchev–Trinajstić information content (AvgIpc) is 3.36. The molecule has 6 aromatic carbocycles. The predicted octanol–water partition coefficient (Wildman–Crippen LogP) is 11.4. The Morgan fingerprint density at radius 2 is 0.587 bits per heavy atom. The van der Waals surface area contributed by atoms with Crippen molar-refractivity contribution in [2.24, 2.45) is 0 Å². The molecule has 63 heavy (non-hydrogen) atoms. The molecule has 0 unspecified atom stereocenters. The zero-order chi connectivity index (χ0) is 45.8. The van der Waals surface area contributed by atoms with Gasteiger partial charge in [-0.2, -0.15) is 0 Å². The Bertz CT molecular complexity index is 1780. The Kier molecular flexibility index (Phi) is 27.3. The molecule has 0 aliphatic rings. The van der Waals surface area contributed by atoms with E-state index < -0.39 is 45.5 Å². The van der Waals surface area contributed by atoms with Gasteiger partial charge in [-0.15, -0.1) is 12.1 Å². The van der Waals surface area contributed by atoms with Gasteiger partial charge in [0.25, 0.3) is 0 Å². The minimum atomic E-state index is -2.52. The van der Waals surface area contributed by atoms with Crippen LogP contribution in [0.1, 0.15) is 23.2 Å². The van der Waals surface area contributed by atoms with Crippen molar-refractivity contribution in [1.82, 2.24) is 0 Å². The molecule has 0 bridgehead atoms. The molecule has 0 aliphatic carbocycles. The third-order valence-corrected chi connectivity index (χ3v) is 22.4. The smallest absolute Gasteiger partial charge is 0.0606 e. The summed E-state index contributed by atoms with van der Waals surface area (Å²) in [7, 11) is 13.0. The molecule has 0 heterocycles. The van der Waals surface area contributed by atoms with Crippen molar-refractivity contribution in [1.29, 1.82) is 0 Å². The molecular formula is C48H62Cl2N2O6P2RuSi2+2. The number of rotatable bonds is 19. The van der Waals surface area contributed by atoms with Crippen LogP contribution in [0.15, 0.2) is 182 Å². The molecule has 338 valence electrons. The van der Waals surface area contributed by atoms with Crippen LogP contribution in [0, 0.1) is 0 Å². The second-order valence-electron chi connectivity index (χ2n) is 13.8. The molecule has 0 saturated heterocycles. The van der Waals surface area contributed by atoms with Crippen LogP contribution in [0.3, 0.4) is 0 Å². The van der Waals surface area contributed by atoms with Gasteiger partial charge in [0.15, 0.2) is 0 Å². The van der Waals surface area contributed by atoms with Crippen LogP contribution < -0.4 is 21.2 Å². The first-order chi connectivity index (χ1) is 30.7. The number of halogens is 2. The van der Waals surface area contributed by atoms with E-state index in [9.17, 15) is 0 Å². The standard InChI is InChI=1S/2C17H23O3PSi.C14H14N2.2ClH.Ru/c2*1-18-22(19-2,20-3)15-14-21(16-10-6-4-7-11-16)17-12-8-5-9-13-17;15-13(11-7-3-1-4-8-11)14(16)12-9-5-2-6-10-12;;;/h2*4-13H,14-15H2,1-3H3;1-10,13-16H;2*1H;/q;;-2;;;+4/t;;13-,14-;;;/m..1.../s1. The van der Waals surface area contributed by atoms with Gasteiger partial charge in [-0.3, -0.25) is 0 Å². The summed E-state index contributed by atoms with van der Waals surface area (Å²) < 4.78 is 33.4. The summed E-state index contributed by atoms with van der Waals surface area (Å²) in [6.07, 6.45) is 2.06. The molecule has 6 aromatic rings. The minimum absolute atomic E-state index is 0.346. The zero-order valence-corrected chi connectivity index (χ0v) is 44.1. The van der Waals surface area contributed by atoms with Crippen LogP contribution in [0.25, 0.3) is 11.5 Å². The van der Waals surface area contributed by atoms with Gasteiger partial charge in [-0.05, 0) is 48.5 Å². The Balaban J connectivity index is 0.000000247. The number of nitrogens with one attached hydrogen (secondary N) is 2. The first-order valence-corrected chi connectivity index (χ1v) is 32.1. The van der Waals surface area contributed by atoms with Gasteiger partial charge >= 0.3 is 52.1 Å². The summed E-state index contributed by atoms with van der Waals surface area (Å²) in [6, 6.07) is 62.6. The monoisotopic (exact) mass is 1050 g/mol. The van der Waals surface area contributed by atoms with E-state index in [4.69, 9.17) is 57.4 Å². The number of hydrogen-bond donors (Lipinski definition) is 0. The Morgan fingerprint density at radius 1 is 0.397 bits per heavy atom. The van der Waals surface area contributed by atoms with Gasteiger partial charge in [0.1, 0.15) is 0 Å². The second-order valence-corrected chi connectivity index (χ2v) is 27.9. The van der Waals surface area contributed by atoms with Gasteiger partial charge in [-0.1, -0.05) is 145 Å². The van der Waals surface area contributed by atoms with Crippen LogP contribution in [0.2, 0.25) is 12.1 Å². The van der Waals surface area contributed by atoms with Crippen LogP contribution in [-0.2, 0) is 41.7 Å². The van der Waals surface area contributed by atoms with E-state index in [1.165, 1.54) is 21.2 Å². The molecule has 0 amide bonds. The van der Waals surface area contributed by atoms with Crippen molar-refractivity contribution >= 4 is 74.1 Å². The Labute approximate surface area is 396 Å². The van der Waals surface area contributed by atoms with Crippen LogP contribution in [0.5, 0.6) is 0 Å². The summed E-state index contributed by atoms with van der Waals surface area (Å²) >= 11 is -0.346. The van der Waals surface area contributed by atoms with Gasteiger partial charge < -0.3 is 38.0 Å². The average molecular weight is 1050 g/mol. The van der Waals surface area contributed by atoms with E-state index in [-0.39, 0.29) is 15.1 Å². The summed E-state index contributed by atoms with van der Waals surface area (Å²) in [4.78, 5) is 0. The van der Waals surface area contributed by atoms with Crippen molar-refractivity contribution in [2.75, 3.05) is 55.0 Å². The molecule has 2 atom stereocenters. The Hall–Kier alpha value is -2.50.